The fourth-order valence-corrected chi connectivity index (χ4v) is 2.02. The third-order valence-electron chi connectivity index (χ3n) is 2.30. The third-order valence-corrected chi connectivity index (χ3v) is 3.28. The Morgan fingerprint density at radius 3 is 2.84 bits per heavy atom. The molecule has 0 bridgehead atoms. The highest BCUT2D eigenvalue weighted by Gasteiger charge is 2.16. The smallest absolute Gasteiger partial charge is 0.339 e. The zero-order valence-electron chi connectivity index (χ0n) is 10.5. The molecule has 6 nitrogen and oxygen atoms in total. The summed E-state index contributed by atoms with van der Waals surface area (Å²) in [5.74, 6) is 0.894. The summed E-state index contributed by atoms with van der Waals surface area (Å²) in [6, 6.07) is 3.58. The van der Waals surface area contributed by atoms with Crippen LogP contribution in [0.3, 0.4) is 0 Å². The van der Waals surface area contributed by atoms with Gasteiger partial charge in [0.2, 0.25) is 0 Å². The average Bonchev–Trinajstić information content (AvgIpc) is 2.38. The van der Waals surface area contributed by atoms with Crippen molar-refractivity contribution in [1.82, 2.24) is 0 Å². The highest BCUT2D eigenvalue weighted by atomic mass is 32.2. The fraction of sp³-hybridized carbons (Fsp3) is 0.417. The molecule has 0 spiro atoms. The lowest BCUT2D eigenvalue weighted by atomic mass is 10.2. The van der Waals surface area contributed by atoms with Gasteiger partial charge in [0.1, 0.15) is 11.3 Å². The van der Waals surface area contributed by atoms with Gasteiger partial charge >= 0.3 is 5.97 Å². The number of thioether (sulfide) groups is 1. The number of carbonyl (C=O) groups is 1. The molecule has 19 heavy (non-hydrogen) atoms. The Morgan fingerprint density at radius 1 is 1.53 bits per heavy atom. The molecular formula is C12H15NO5S. The van der Waals surface area contributed by atoms with Crippen LogP contribution in [-0.4, -0.2) is 34.1 Å². The van der Waals surface area contributed by atoms with Crippen LogP contribution in [0.25, 0.3) is 0 Å². The summed E-state index contributed by atoms with van der Waals surface area (Å²) in [6.45, 7) is 2.45. The van der Waals surface area contributed by atoms with E-state index in [1.165, 1.54) is 12.1 Å². The van der Waals surface area contributed by atoms with E-state index in [-0.39, 0.29) is 17.0 Å². The number of nitro groups is 1. The van der Waals surface area contributed by atoms with Crippen molar-refractivity contribution < 1.29 is 19.6 Å². The fourth-order valence-electron chi connectivity index (χ4n) is 1.41. The van der Waals surface area contributed by atoms with Crippen LogP contribution in [0.4, 0.5) is 5.69 Å². The zero-order valence-corrected chi connectivity index (χ0v) is 11.3. The van der Waals surface area contributed by atoms with Crippen molar-refractivity contribution in [1.29, 1.82) is 0 Å². The zero-order chi connectivity index (χ0) is 14.3. The maximum Gasteiger partial charge on any atom is 0.339 e. The molecule has 0 aliphatic rings. The molecule has 7 heteroatoms. The van der Waals surface area contributed by atoms with E-state index in [2.05, 4.69) is 6.92 Å². The van der Waals surface area contributed by atoms with Gasteiger partial charge in [-0.3, -0.25) is 10.1 Å². The minimum atomic E-state index is -1.23. The predicted molar refractivity (Wildman–Crippen MR) is 73.2 cm³/mol. The monoisotopic (exact) mass is 285 g/mol. The summed E-state index contributed by atoms with van der Waals surface area (Å²) in [5, 5.41) is 19.6. The third kappa shape index (κ3) is 4.78. The number of hydrogen-bond donors (Lipinski definition) is 1. The van der Waals surface area contributed by atoms with Crippen molar-refractivity contribution in [2.45, 2.75) is 13.3 Å². The summed E-state index contributed by atoms with van der Waals surface area (Å²) in [4.78, 5) is 21.0. The maximum absolute atomic E-state index is 11.0. The molecule has 0 saturated heterocycles. The first-order valence-electron chi connectivity index (χ1n) is 5.78. The molecule has 0 amide bonds. The lowest BCUT2D eigenvalue weighted by Crippen LogP contribution is -2.06. The number of carboxylic acid groups (broad SMARTS) is 1. The molecule has 0 aromatic heterocycles. The molecular weight excluding hydrogens is 270 g/mol. The highest BCUT2D eigenvalue weighted by molar-refractivity contribution is 7.99. The van der Waals surface area contributed by atoms with E-state index in [0.717, 1.165) is 24.0 Å². The largest absolute Gasteiger partial charge is 0.493 e. The molecule has 0 heterocycles. The van der Waals surface area contributed by atoms with Crippen molar-refractivity contribution in [3.63, 3.8) is 0 Å². The lowest BCUT2D eigenvalue weighted by Gasteiger charge is -2.08. The molecule has 1 aromatic rings. The number of rotatable bonds is 8. The van der Waals surface area contributed by atoms with Gasteiger partial charge in [-0.1, -0.05) is 6.92 Å². The molecule has 0 aliphatic carbocycles. The lowest BCUT2D eigenvalue weighted by molar-refractivity contribution is -0.384. The van der Waals surface area contributed by atoms with Crippen LogP contribution in [0, 0.1) is 10.1 Å². The molecule has 1 rings (SSSR count). The highest BCUT2D eigenvalue weighted by Crippen LogP contribution is 2.24. The number of nitro benzene ring substituents is 1. The number of aromatic carboxylic acids is 1. The number of hydrogen-bond acceptors (Lipinski definition) is 5. The van der Waals surface area contributed by atoms with Gasteiger partial charge in [-0.05, 0) is 24.0 Å². The van der Waals surface area contributed by atoms with Crippen molar-refractivity contribution in [3.8, 4) is 5.75 Å². The summed E-state index contributed by atoms with van der Waals surface area (Å²) < 4.78 is 5.36. The molecule has 0 radical (unpaired) electrons. The average molecular weight is 285 g/mol. The van der Waals surface area contributed by atoms with Crippen molar-refractivity contribution >= 4 is 23.4 Å². The van der Waals surface area contributed by atoms with E-state index < -0.39 is 10.9 Å². The van der Waals surface area contributed by atoms with Crippen LogP contribution < -0.4 is 4.74 Å². The molecule has 0 unspecified atom stereocenters. The maximum atomic E-state index is 11.0. The second-order valence-corrected chi connectivity index (χ2v) is 5.04. The minimum absolute atomic E-state index is 0.166. The molecule has 0 fully saturated rings. The van der Waals surface area contributed by atoms with Crippen LogP contribution in [0.1, 0.15) is 23.7 Å². The second-order valence-electron chi connectivity index (χ2n) is 3.64. The van der Waals surface area contributed by atoms with E-state index in [4.69, 9.17) is 9.84 Å². The van der Waals surface area contributed by atoms with Crippen molar-refractivity contribution in [3.05, 3.63) is 33.9 Å². The topological polar surface area (TPSA) is 89.7 Å². The Morgan fingerprint density at radius 2 is 2.26 bits per heavy atom. The van der Waals surface area contributed by atoms with Crippen molar-refractivity contribution in [2.24, 2.45) is 0 Å². The van der Waals surface area contributed by atoms with Crippen molar-refractivity contribution in [2.75, 3.05) is 18.1 Å². The number of nitrogens with zero attached hydrogens (tertiary/aromatic N) is 1. The minimum Gasteiger partial charge on any atom is -0.493 e. The van der Waals surface area contributed by atoms with Gasteiger partial charge in [-0.25, -0.2) is 4.79 Å². The number of carboxylic acids is 1. The standard InChI is InChI=1S/C12H15NO5S/c1-2-19-7-3-6-18-11-5-4-9(13(16)17)8-10(11)12(14)15/h4-5,8H,2-3,6-7H2,1H3,(H,14,15). The molecule has 0 aliphatic heterocycles. The van der Waals surface area contributed by atoms with E-state index in [0.29, 0.717) is 6.61 Å². The van der Waals surface area contributed by atoms with Gasteiger partial charge in [0.15, 0.2) is 0 Å². The first kappa shape index (κ1) is 15.3. The summed E-state index contributed by atoms with van der Waals surface area (Å²) >= 11 is 1.77. The van der Waals surface area contributed by atoms with E-state index >= 15 is 0 Å². The first-order chi connectivity index (χ1) is 9.06. The van der Waals surface area contributed by atoms with Gasteiger partial charge in [0.25, 0.3) is 5.69 Å². The Balaban J connectivity index is 2.71. The van der Waals surface area contributed by atoms with Crippen LogP contribution >= 0.6 is 11.8 Å². The molecule has 1 N–H and O–H groups in total. The summed E-state index contributed by atoms with van der Waals surface area (Å²) in [5.41, 5.74) is -0.441. The van der Waals surface area contributed by atoms with E-state index in [9.17, 15) is 14.9 Å². The van der Waals surface area contributed by atoms with Gasteiger partial charge in [0.05, 0.1) is 11.5 Å². The Labute approximate surface area is 114 Å². The number of benzene rings is 1. The number of non-ortho nitro benzene ring substituents is 1. The van der Waals surface area contributed by atoms with Gasteiger partial charge in [-0.15, -0.1) is 0 Å². The van der Waals surface area contributed by atoms with E-state index in [1.807, 2.05) is 0 Å². The van der Waals surface area contributed by atoms with Gasteiger partial charge in [0, 0.05) is 12.1 Å². The second kappa shape index (κ2) is 7.63. The van der Waals surface area contributed by atoms with Gasteiger partial charge in [-0.2, -0.15) is 11.8 Å². The Kier molecular flexibility index (Phi) is 6.14. The SMILES string of the molecule is CCSCCCOc1ccc([N+](=O)[O-])cc1C(=O)O. The molecule has 1 aromatic carbocycles. The van der Waals surface area contributed by atoms with Crippen LogP contribution in [0.15, 0.2) is 18.2 Å². The Hall–Kier alpha value is -1.76. The quantitative estimate of drug-likeness (QED) is 0.449. The molecule has 0 atom stereocenters. The first-order valence-corrected chi connectivity index (χ1v) is 6.94. The normalized spacial score (nSPS) is 10.2. The number of ether oxygens (including phenoxy) is 1. The predicted octanol–water partition coefficient (Wildman–Crippen LogP) is 2.82. The van der Waals surface area contributed by atoms with Gasteiger partial charge < -0.3 is 9.84 Å². The summed E-state index contributed by atoms with van der Waals surface area (Å²) in [7, 11) is 0. The molecule has 104 valence electrons. The summed E-state index contributed by atoms with van der Waals surface area (Å²) in [6.07, 6.45) is 0.800. The van der Waals surface area contributed by atoms with E-state index in [1.54, 1.807) is 11.8 Å². The molecule has 0 saturated carbocycles. The van der Waals surface area contributed by atoms with Crippen LogP contribution in [0.5, 0.6) is 5.75 Å². The Bertz CT molecular complexity index is 463. The van der Waals surface area contributed by atoms with Crippen LogP contribution in [-0.2, 0) is 0 Å². The van der Waals surface area contributed by atoms with Crippen LogP contribution in [0.2, 0.25) is 0 Å².